The van der Waals surface area contributed by atoms with E-state index in [1.807, 2.05) is 0 Å². The Morgan fingerprint density at radius 3 is 2.58 bits per heavy atom. The Hall–Kier alpha value is -1.53. The molecule has 0 saturated carbocycles. The molecule has 1 saturated heterocycles. The average molecular weight is 300 g/mol. The highest BCUT2D eigenvalue weighted by molar-refractivity contribution is 8.01. The SMILES string of the molecule is O=C(O)CS[C@@H]1CC(=O)N(c2ccc(Cl)cc2)C1=O. The monoisotopic (exact) mass is 299 g/mol. The number of carboxylic acid groups (broad SMARTS) is 1. The molecule has 19 heavy (non-hydrogen) atoms. The number of carboxylic acids is 1. The molecule has 1 aliphatic rings. The van der Waals surface area contributed by atoms with Crippen molar-refractivity contribution in [2.45, 2.75) is 11.7 Å². The summed E-state index contributed by atoms with van der Waals surface area (Å²) in [5.74, 6) is -1.90. The molecule has 1 N–H and O–H groups in total. The van der Waals surface area contributed by atoms with Crippen LogP contribution in [-0.2, 0) is 14.4 Å². The number of benzene rings is 1. The second-order valence-electron chi connectivity index (χ2n) is 3.94. The van der Waals surface area contributed by atoms with Crippen molar-refractivity contribution >= 4 is 46.8 Å². The second-order valence-corrected chi connectivity index (χ2v) is 5.57. The molecule has 1 heterocycles. The summed E-state index contributed by atoms with van der Waals surface area (Å²) in [6, 6.07) is 6.36. The lowest BCUT2D eigenvalue weighted by Crippen LogP contribution is -2.31. The van der Waals surface area contributed by atoms with E-state index in [1.165, 1.54) is 0 Å². The molecule has 1 aromatic carbocycles. The predicted molar refractivity (Wildman–Crippen MR) is 72.4 cm³/mol. The molecule has 7 heteroatoms. The number of nitrogens with zero attached hydrogens (tertiary/aromatic N) is 1. The van der Waals surface area contributed by atoms with Gasteiger partial charge in [-0.15, -0.1) is 11.8 Å². The molecule has 1 atom stereocenters. The lowest BCUT2D eigenvalue weighted by molar-refractivity contribution is -0.134. The number of hydrogen-bond donors (Lipinski definition) is 1. The van der Waals surface area contributed by atoms with Crippen molar-refractivity contribution in [2.75, 3.05) is 10.7 Å². The van der Waals surface area contributed by atoms with Crippen molar-refractivity contribution in [1.29, 1.82) is 0 Å². The molecule has 2 rings (SSSR count). The van der Waals surface area contributed by atoms with Crippen LogP contribution in [0.1, 0.15) is 6.42 Å². The Kier molecular flexibility index (Phi) is 4.11. The third kappa shape index (κ3) is 3.08. The highest BCUT2D eigenvalue weighted by Gasteiger charge is 2.39. The number of amides is 2. The first-order valence-corrected chi connectivity index (χ1v) is 6.87. The van der Waals surface area contributed by atoms with E-state index >= 15 is 0 Å². The first-order valence-electron chi connectivity index (χ1n) is 5.45. The van der Waals surface area contributed by atoms with E-state index in [9.17, 15) is 14.4 Å². The fourth-order valence-corrected chi connectivity index (χ4v) is 2.75. The summed E-state index contributed by atoms with van der Waals surface area (Å²) in [6.45, 7) is 0. The molecule has 0 spiro atoms. The number of imide groups is 1. The van der Waals surface area contributed by atoms with Gasteiger partial charge in [-0.3, -0.25) is 14.4 Å². The van der Waals surface area contributed by atoms with Crippen LogP contribution in [0.5, 0.6) is 0 Å². The van der Waals surface area contributed by atoms with Gasteiger partial charge in [0.2, 0.25) is 11.8 Å². The highest BCUT2D eigenvalue weighted by Crippen LogP contribution is 2.30. The van der Waals surface area contributed by atoms with Gasteiger partial charge in [-0.1, -0.05) is 11.6 Å². The maximum atomic E-state index is 12.1. The van der Waals surface area contributed by atoms with E-state index < -0.39 is 11.2 Å². The quantitative estimate of drug-likeness (QED) is 0.858. The van der Waals surface area contributed by atoms with Crippen molar-refractivity contribution in [3.05, 3.63) is 29.3 Å². The molecule has 1 fully saturated rings. The summed E-state index contributed by atoms with van der Waals surface area (Å²) < 4.78 is 0. The maximum Gasteiger partial charge on any atom is 0.313 e. The lowest BCUT2D eigenvalue weighted by atomic mass is 10.3. The van der Waals surface area contributed by atoms with Crippen molar-refractivity contribution in [3.63, 3.8) is 0 Å². The van der Waals surface area contributed by atoms with Crippen molar-refractivity contribution in [2.24, 2.45) is 0 Å². The molecule has 0 bridgehead atoms. The first kappa shape index (κ1) is 13.9. The fourth-order valence-electron chi connectivity index (χ4n) is 1.77. The van der Waals surface area contributed by atoms with Crippen LogP contribution in [0.15, 0.2) is 24.3 Å². The number of hydrogen-bond acceptors (Lipinski definition) is 4. The van der Waals surface area contributed by atoms with Gasteiger partial charge in [0.05, 0.1) is 16.7 Å². The molecule has 0 radical (unpaired) electrons. The van der Waals surface area contributed by atoms with Crippen LogP contribution in [0.25, 0.3) is 0 Å². The third-order valence-electron chi connectivity index (χ3n) is 2.60. The molecular formula is C12H10ClNO4S. The molecular weight excluding hydrogens is 290 g/mol. The van der Waals surface area contributed by atoms with Crippen LogP contribution in [0.2, 0.25) is 5.02 Å². The molecule has 0 aromatic heterocycles. The number of carbonyl (C=O) groups excluding carboxylic acids is 2. The highest BCUT2D eigenvalue weighted by atomic mass is 35.5. The van der Waals surface area contributed by atoms with Crippen LogP contribution < -0.4 is 4.90 Å². The molecule has 2 amide bonds. The van der Waals surface area contributed by atoms with Gasteiger partial charge in [0.15, 0.2) is 0 Å². The lowest BCUT2D eigenvalue weighted by Gasteiger charge is -2.14. The third-order valence-corrected chi connectivity index (χ3v) is 4.03. The smallest absolute Gasteiger partial charge is 0.313 e. The van der Waals surface area contributed by atoms with Gasteiger partial charge in [-0.25, -0.2) is 4.90 Å². The van der Waals surface area contributed by atoms with Crippen LogP contribution in [0, 0.1) is 0 Å². The molecule has 100 valence electrons. The maximum absolute atomic E-state index is 12.1. The van der Waals surface area contributed by atoms with Gasteiger partial charge in [0, 0.05) is 11.4 Å². The van der Waals surface area contributed by atoms with Gasteiger partial charge >= 0.3 is 5.97 Å². The molecule has 1 aromatic rings. The summed E-state index contributed by atoms with van der Waals surface area (Å²) in [7, 11) is 0. The van der Waals surface area contributed by atoms with Crippen LogP contribution in [0.3, 0.4) is 0 Å². The number of thioether (sulfide) groups is 1. The summed E-state index contributed by atoms with van der Waals surface area (Å²) in [6.07, 6.45) is 0.0272. The predicted octanol–water partition coefficient (Wildman–Crippen LogP) is 1.79. The second kappa shape index (κ2) is 5.63. The topological polar surface area (TPSA) is 74.7 Å². The fraction of sp³-hybridized carbons (Fsp3) is 0.250. The minimum Gasteiger partial charge on any atom is -0.481 e. The van der Waals surface area contributed by atoms with Crippen LogP contribution in [-0.4, -0.2) is 33.9 Å². The van der Waals surface area contributed by atoms with E-state index in [2.05, 4.69) is 0 Å². The standard InChI is InChI=1S/C12H10ClNO4S/c13-7-1-3-8(4-2-7)14-10(15)5-9(12(14)18)19-6-11(16)17/h1-4,9H,5-6H2,(H,16,17)/t9-/m1/s1. The minimum absolute atomic E-state index is 0.0272. The largest absolute Gasteiger partial charge is 0.481 e. The molecule has 0 aliphatic carbocycles. The Morgan fingerprint density at radius 1 is 1.37 bits per heavy atom. The van der Waals surface area contributed by atoms with E-state index in [1.54, 1.807) is 24.3 Å². The average Bonchev–Trinajstić information content (AvgIpc) is 2.63. The number of anilines is 1. The first-order chi connectivity index (χ1) is 8.99. The zero-order valence-electron chi connectivity index (χ0n) is 9.71. The Labute approximate surface area is 118 Å². The zero-order chi connectivity index (χ0) is 14.0. The van der Waals surface area contributed by atoms with E-state index in [0.29, 0.717) is 10.7 Å². The van der Waals surface area contributed by atoms with Crippen LogP contribution in [0.4, 0.5) is 5.69 Å². The van der Waals surface area contributed by atoms with E-state index in [-0.39, 0.29) is 24.0 Å². The normalized spacial score (nSPS) is 19.0. The number of rotatable bonds is 4. The minimum atomic E-state index is -1.00. The van der Waals surface area contributed by atoms with Gasteiger partial charge in [-0.05, 0) is 24.3 Å². The van der Waals surface area contributed by atoms with Crippen LogP contribution >= 0.6 is 23.4 Å². The molecule has 5 nitrogen and oxygen atoms in total. The van der Waals surface area contributed by atoms with Gasteiger partial charge in [0.1, 0.15) is 0 Å². The zero-order valence-corrected chi connectivity index (χ0v) is 11.3. The summed E-state index contributed by atoms with van der Waals surface area (Å²) in [4.78, 5) is 35.5. The van der Waals surface area contributed by atoms with Crippen molar-refractivity contribution < 1.29 is 19.5 Å². The number of carbonyl (C=O) groups is 3. The number of aliphatic carboxylic acids is 1. The Balaban J connectivity index is 2.14. The van der Waals surface area contributed by atoms with Gasteiger partial charge < -0.3 is 5.11 Å². The summed E-state index contributed by atoms with van der Waals surface area (Å²) >= 11 is 6.71. The van der Waals surface area contributed by atoms with Crippen molar-refractivity contribution in [1.82, 2.24) is 0 Å². The van der Waals surface area contributed by atoms with E-state index in [0.717, 1.165) is 16.7 Å². The van der Waals surface area contributed by atoms with Crippen molar-refractivity contribution in [3.8, 4) is 0 Å². The molecule has 1 aliphatic heterocycles. The molecule has 0 unspecified atom stereocenters. The summed E-state index contributed by atoms with van der Waals surface area (Å²) in [5.41, 5.74) is 0.456. The Morgan fingerprint density at radius 2 is 2.00 bits per heavy atom. The van der Waals surface area contributed by atoms with Gasteiger partial charge in [0.25, 0.3) is 0 Å². The van der Waals surface area contributed by atoms with Gasteiger partial charge in [-0.2, -0.15) is 0 Å². The number of halogens is 1. The van der Waals surface area contributed by atoms with E-state index in [4.69, 9.17) is 16.7 Å². The Bertz CT molecular complexity index is 531. The summed E-state index contributed by atoms with van der Waals surface area (Å²) in [5, 5.41) is 8.48.